The van der Waals surface area contributed by atoms with E-state index in [1.54, 1.807) is 14.2 Å². The number of carbonyl (C=O) groups is 2. The highest BCUT2D eigenvalue weighted by molar-refractivity contribution is 5.75. The van der Waals surface area contributed by atoms with Gasteiger partial charge < -0.3 is 29.9 Å². The van der Waals surface area contributed by atoms with E-state index >= 15 is 0 Å². The van der Waals surface area contributed by atoms with Gasteiger partial charge in [-0.15, -0.1) is 0 Å². The van der Waals surface area contributed by atoms with Crippen LogP contribution in [0.2, 0.25) is 0 Å². The first-order valence-electron chi connectivity index (χ1n) is 5.98. The number of carbonyl (C=O) groups excluding carboxylic acids is 1. The van der Waals surface area contributed by atoms with E-state index < -0.39 is 12.1 Å². The molecule has 19 heavy (non-hydrogen) atoms. The normalized spacial score (nSPS) is 24.3. The van der Waals surface area contributed by atoms with Gasteiger partial charge in [-0.25, -0.2) is 9.59 Å². The Morgan fingerprint density at radius 2 is 1.84 bits per heavy atom. The van der Waals surface area contributed by atoms with Crippen LogP contribution in [0.25, 0.3) is 0 Å². The van der Waals surface area contributed by atoms with E-state index in [-0.39, 0.29) is 31.2 Å². The Balaban J connectivity index is 2.33. The Hall–Kier alpha value is -1.38. The first-order valence-corrected chi connectivity index (χ1v) is 5.98. The number of aliphatic hydroxyl groups is 1. The summed E-state index contributed by atoms with van der Waals surface area (Å²) in [6.45, 7) is 0.933. The van der Waals surface area contributed by atoms with Gasteiger partial charge in [-0.2, -0.15) is 0 Å². The molecular weight excluding hydrogens is 256 g/mol. The first-order chi connectivity index (χ1) is 8.99. The third-order valence-corrected chi connectivity index (χ3v) is 3.09. The van der Waals surface area contributed by atoms with Crippen LogP contribution in [0.1, 0.15) is 6.42 Å². The number of aliphatic hydroxyl groups excluding tert-OH is 1. The highest BCUT2D eigenvalue weighted by Crippen LogP contribution is 2.15. The summed E-state index contributed by atoms with van der Waals surface area (Å²) < 4.78 is 10.4. The number of carboxylic acids is 1. The van der Waals surface area contributed by atoms with Gasteiger partial charge in [0.05, 0.1) is 13.1 Å². The van der Waals surface area contributed by atoms with Crippen molar-refractivity contribution in [3.05, 3.63) is 0 Å². The van der Waals surface area contributed by atoms with E-state index in [1.807, 2.05) is 0 Å². The Labute approximate surface area is 111 Å². The molecule has 0 radical (unpaired) electrons. The largest absolute Gasteiger partial charge is 0.479 e. The molecule has 0 aromatic heterocycles. The van der Waals surface area contributed by atoms with Crippen LogP contribution in [0.4, 0.5) is 4.79 Å². The van der Waals surface area contributed by atoms with Crippen LogP contribution in [-0.2, 0) is 14.3 Å². The SMILES string of the molecule is COC1CN(C(=O)NCCC(O)C(=O)O)CC1OC. The average molecular weight is 276 g/mol. The van der Waals surface area contributed by atoms with Crippen LogP contribution in [0.15, 0.2) is 0 Å². The van der Waals surface area contributed by atoms with Gasteiger partial charge in [-0.3, -0.25) is 0 Å². The smallest absolute Gasteiger partial charge is 0.332 e. The topological polar surface area (TPSA) is 108 Å². The van der Waals surface area contributed by atoms with Gasteiger partial charge in [0.15, 0.2) is 6.10 Å². The second-order valence-electron chi connectivity index (χ2n) is 4.33. The molecule has 8 nitrogen and oxygen atoms in total. The fourth-order valence-electron chi connectivity index (χ4n) is 1.91. The molecule has 3 N–H and O–H groups in total. The van der Waals surface area contributed by atoms with Crippen molar-refractivity contribution in [3.63, 3.8) is 0 Å². The summed E-state index contributed by atoms with van der Waals surface area (Å²) in [5.74, 6) is -1.30. The zero-order valence-electron chi connectivity index (χ0n) is 11.0. The number of urea groups is 1. The van der Waals surface area contributed by atoms with E-state index in [2.05, 4.69) is 5.32 Å². The van der Waals surface area contributed by atoms with Gasteiger partial charge in [0, 0.05) is 27.2 Å². The molecule has 1 saturated heterocycles. The number of ether oxygens (including phenoxy) is 2. The molecule has 8 heteroatoms. The number of amides is 2. The van der Waals surface area contributed by atoms with Crippen molar-refractivity contribution in [3.8, 4) is 0 Å². The number of hydrogen-bond donors (Lipinski definition) is 3. The maximum absolute atomic E-state index is 11.8. The van der Waals surface area contributed by atoms with Crippen molar-refractivity contribution in [1.82, 2.24) is 10.2 Å². The standard InChI is InChI=1S/C11H20N2O6/c1-18-8-5-13(6-9(8)19-2)11(17)12-4-3-7(14)10(15)16/h7-9,14H,3-6H2,1-2H3,(H,12,17)(H,15,16). The summed E-state index contributed by atoms with van der Waals surface area (Å²) in [6.07, 6.45) is -1.82. The molecule has 1 fully saturated rings. The van der Waals surface area contributed by atoms with Gasteiger partial charge in [0.2, 0.25) is 0 Å². The molecule has 1 aliphatic heterocycles. The number of aliphatic carboxylic acids is 1. The Kier molecular flexibility index (Phi) is 6.00. The summed E-state index contributed by atoms with van der Waals surface area (Å²) in [5.41, 5.74) is 0. The number of nitrogens with one attached hydrogen (secondary N) is 1. The fraction of sp³-hybridized carbons (Fsp3) is 0.818. The number of nitrogens with zero attached hydrogens (tertiary/aromatic N) is 1. The van der Waals surface area contributed by atoms with E-state index in [0.717, 1.165) is 0 Å². The minimum absolute atomic E-state index is 0.0314. The predicted octanol–water partition coefficient (Wildman–Crippen LogP) is -1.12. The van der Waals surface area contributed by atoms with Crippen molar-refractivity contribution >= 4 is 12.0 Å². The molecule has 1 heterocycles. The van der Waals surface area contributed by atoms with Crippen molar-refractivity contribution in [1.29, 1.82) is 0 Å². The lowest BCUT2D eigenvalue weighted by Crippen LogP contribution is -2.40. The molecule has 0 bridgehead atoms. The molecule has 1 rings (SSSR count). The van der Waals surface area contributed by atoms with Crippen LogP contribution in [0.3, 0.4) is 0 Å². The molecule has 2 amide bonds. The molecule has 0 spiro atoms. The highest BCUT2D eigenvalue weighted by atomic mass is 16.5. The Bertz CT molecular complexity index is 312. The zero-order chi connectivity index (χ0) is 14.4. The molecule has 0 aliphatic carbocycles. The second-order valence-corrected chi connectivity index (χ2v) is 4.33. The predicted molar refractivity (Wildman–Crippen MR) is 64.8 cm³/mol. The summed E-state index contributed by atoms with van der Waals surface area (Å²) in [4.78, 5) is 23.7. The monoisotopic (exact) mass is 276 g/mol. The van der Waals surface area contributed by atoms with Crippen LogP contribution in [-0.4, -0.2) is 79.3 Å². The number of likely N-dealkylation sites (tertiary alicyclic amines) is 1. The molecule has 0 saturated carbocycles. The zero-order valence-corrected chi connectivity index (χ0v) is 11.0. The summed E-state index contributed by atoms with van der Waals surface area (Å²) >= 11 is 0. The third-order valence-electron chi connectivity index (χ3n) is 3.09. The third kappa shape index (κ3) is 4.34. The molecule has 3 unspecified atom stereocenters. The molecule has 0 aromatic carbocycles. The van der Waals surface area contributed by atoms with E-state index in [0.29, 0.717) is 13.1 Å². The fourth-order valence-corrected chi connectivity index (χ4v) is 1.91. The molecule has 3 atom stereocenters. The molecule has 1 aliphatic rings. The van der Waals surface area contributed by atoms with Gasteiger partial charge in [0.25, 0.3) is 0 Å². The minimum atomic E-state index is -1.46. The van der Waals surface area contributed by atoms with Crippen LogP contribution >= 0.6 is 0 Å². The Morgan fingerprint density at radius 3 is 2.26 bits per heavy atom. The quantitative estimate of drug-likeness (QED) is 0.567. The van der Waals surface area contributed by atoms with Crippen molar-refractivity contribution in [2.45, 2.75) is 24.7 Å². The van der Waals surface area contributed by atoms with Crippen molar-refractivity contribution in [2.24, 2.45) is 0 Å². The number of hydrogen-bond acceptors (Lipinski definition) is 5. The average Bonchev–Trinajstić information content (AvgIpc) is 2.81. The van der Waals surface area contributed by atoms with Gasteiger partial charge in [-0.1, -0.05) is 0 Å². The Morgan fingerprint density at radius 1 is 1.32 bits per heavy atom. The lowest BCUT2D eigenvalue weighted by Gasteiger charge is -2.17. The van der Waals surface area contributed by atoms with Crippen LogP contribution in [0, 0.1) is 0 Å². The van der Waals surface area contributed by atoms with Crippen LogP contribution in [0.5, 0.6) is 0 Å². The molecular formula is C11H20N2O6. The number of rotatable bonds is 6. The van der Waals surface area contributed by atoms with E-state index in [1.165, 1.54) is 4.90 Å². The first kappa shape index (κ1) is 15.7. The maximum atomic E-state index is 11.8. The highest BCUT2D eigenvalue weighted by Gasteiger charge is 2.35. The van der Waals surface area contributed by atoms with Crippen molar-refractivity contribution in [2.75, 3.05) is 33.9 Å². The number of methoxy groups -OCH3 is 2. The van der Waals surface area contributed by atoms with Gasteiger partial charge in [0.1, 0.15) is 12.2 Å². The minimum Gasteiger partial charge on any atom is -0.479 e. The van der Waals surface area contributed by atoms with E-state index in [9.17, 15) is 9.59 Å². The van der Waals surface area contributed by atoms with E-state index in [4.69, 9.17) is 19.7 Å². The summed E-state index contributed by atoms with van der Waals surface area (Å²) in [6, 6.07) is -0.320. The second kappa shape index (κ2) is 7.27. The lowest BCUT2D eigenvalue weighted by atomic mass is 10.2. The molecule has 110 valence electrons. The van der Waals surface area contributed by atoms with Crippen LogP contribution < -0.4 is 5.32 Å². The number of carboxylic acid groups (broad SMARTS) is 1. The summed E-state index contributed by atoms with van der Waals surface area (Å²) in [5, 5.41) is 20.1. The molecule has 0 aromatic rings. The summed E-state index contributed by atoms with van der Waals surface area (Å²) in [7, 11) is 3.11. The van der Waals surface area contributed by atoms with Gasteiger partial charge in [-0.05, 0) is 0 Å². The maximum Gasteiger partial charge on any atom is 0.332 e. The lowest BCUT2D eigenvalue weighted by molar-refractivity contribution is -0.146. The van der Waals surface area contributed by atoms with Crippen molar-refractivity contribution < 1.29 is 29.3 Å². The van der Waals surface area contributed by atoms with Gasteiger partial charge >= 0.3 is 12.0 Å².